The van der Waals surface area contributed by atoms with Crippen LogP contribution in [0.25, 0.3) is 0 Å². The van der Waals surface area contributed by atoms with Crippen molar-refractivity contribution in [2.45, 2.75) is 51.0 Å². The number of rotatable bonds is 7. The highest BCUT2D eigenvalue weighted by Gasteiger charge is 2.27. The molecule has 0 spiro atoms. The van der Waals surface area contributed by atoms with E-state index < -0.39 is 16.0 Å². The molecule has 1 aliphatic rings. The Morgan fingerprint density at radius 1 is 1.12 bits per heavy atom. The van der Waals surface area contributed by atoms with E-state index in [1.165, 1.54) is 16.4 Å². The third kappa shape index (κ3) is 5.12. The summed E-state index contributed by atoms with van der Waals surface area (Å²) in [6.07, 6.45) is 2.97. The zero-order valence-corrected chi connectivity index (χ0v) is 19.6. The summed E-state index contributed by atoms with van der Waals surface area (Å²) >= 11 is 0. The number of esters is 1. The van der Waals surface area contributed by atoms with Crippen LogP contribution in [0, 0.1) is 6.92 Å². The van der Waals surface area contributed by atoms with Crippen LogP contribution in [0.1, 0.15) is 49.0 Å². The van der Waals surface area contributed by atoms with Crippen LogP contribution in [0.3, 0.4) is 0 Å². The van der Waals surface area contributed by atoms with E-state index in [2.05, 4.69) is 0 Å². The fourth-order valence-corrected chi connectivity index (χ4v) is 5.70. The minimum Gasteiger partial charge on any atom is -0.452 e. The summed E-state index contributed by atoms with van der Waals surface area (Å²) in [5.41, 5.74) is 1.16. The lowest BCUT2D eigenvalue weighted by Crippen LogP contribution is -2.44. The molecule has 0 aromatic heterocycles. The zero-order chi connectivity index (χ0) is 23.3. The molecule has 1 heterocycles. The van der Waals surface area contributed by atoms with Crippen molar-refractivity contribution < 1.29 is 22.7 Å². The fraction of sp³-hybridized carbons (Fsp3) is 0.417. The molecule has 2 aromatic rings. The molecule has 8 heteroatoms. The molecule has 0 bridgehead atoms. The van der Waals surface area contributed by atoms with Crippen LogP contribution in [0.5, 0.6) is 0 Å². The quantitative estimate of drug-likeness (QED) is 0.590. The SMILES string of the molecule is CCN(c1ccccc1)S(=O)(=O)c1cc(C(=O)OCC(=O)N2CCCC[C@H]2C)ccc1C. The Balaban J connectivity index is 1.78. The molecule has 0 N–H and O–H groups in total. The van der Waals surface area contributed by atoms with Crippen LogP contribution in [-0.4, -0.2) is 50.9 Å². The van der Waals surface area contributed by atoms with Gasteiger partial charge in [0, 0.05) is 19.1 Å². The smallest absolute Gasteiger partial charge is 0.338 e. The van der Waals surface area contributed by atoms with Gasteiger partial charge < -0.3 is 9.64 Å². The minimum absolute atomic E-state index is 0.0358. The molecule has 1 fully saturated rings. The molecular weight excluding hydrogens is 428 g/mol. The predicted molar refractivity (Wildman–Crippen MR) is 123 cm³/mol. The first-order valence-electron chi connectivity index (χ1n) is 10.9. The number of ether oxygens (including phenoxy) is 1. The van der Waals surface area contributed by atoms with Gasteiger partial charge in [0.15, 0.2) is 6.61 Å². The lowest BCUT2D eigenvalue weighted by molar-refractivity contribution is -0.137. The fourth-order valence-electron chi connectivity index (χ4n) is 3.97. The van der Waals surface area contributed by atoms with Crippen molar-refractivity contribution in [3.63, 3.8) is 0 Å². The maximum atomic E-state index is 13.4. The van der Waals surface area contributed by atoms with E-state index in [0.717, 1.165) is 19.3 Å². The minimum atomic E-state index is -3.90. The lowest BCUT2D eigenvalue weighted by atomic mass is 10.0. The van der Waals surface area contributed by atoms with Gasteiger partial charge in [-0.25, -0.2) is 13.2 Å². The summed E-state index contributed by atoms with van der Waals surface area (Å²) in [6, 6.07) is 13.4. The van der Waals surface area contributed by atoms with E-state index in [9.17, 15) is 18.0 Å². The summed E-state index contributed by atoms with van der Waals surface area (Å²) in [6.45, 7) is 5.97. The van der Waals surface area contributed by atoms with Gasteiger partial charge in [0.2, 0.25) is 0 Å². The van der Waals surface area contributed by atoms with E-state index in [0.29, 0.717) is 17.8 Å². The van der Waals surface area contributed by atoms with E-state index in [1.54, 1.807) is 49.1 Å². The second kappa shape index (κ2) is 10.2. The van der Waals surface area contributed by atoms with E-state index >= 15 is 0 Å². The summed E-state index contributed by atoms with van der Waals surface area (Å²) in [5.74, 6) is -0.950. The Bertz CT molecular complexity index is 1070. The number of anilines is 1. The summed E-state index contributed by atoms with van der Waals surface area (Å²) in [5, 5.41) is 0. The van der Waals surface area contributed by atoms with Gasteiger partial charge in [-0.05, 0) is 69.9 Å². The average Bonchev–Trinajstić information content (AvgIpc) is 2.78. The van der Waals surface area contributed by atoms with Crippen molar-refractivity contribution >= 4 is 27.6 Å². The standard InChI is InChI=1S/C24H30N2O5S/c1-4-26(21-11-6-5-7-12-21)32(29,30)22-16-20(14-13-18(22)2)24(28)31-17-23(27)25-15-9-8-10-19(25)3/h5-7,11-14,16,19H,4,8-10,15,17H2,1-3H3/t19-/m1/s1. The van der Waals surface area contributed by atoms with Crippen LogP contribution in [-0.2, 0) is 19.6 Å². The normalized spacial score (nSPS) is 16.5. The monoisotopic (exact) mass is 458 g/mol. The Morgan fingerprint density at radius 2 is 1.84 bits per heavy atom. The average molecular weight is 459 g/mol. The number of nitrogens with zero attached hydrogens (tertiary/aromatic N) is 2. The molecule has 3 rings (SSSR count). The maximum Gasteiger partial charge on any atom is 0.338 e. The topological polar surface area (TPSA) is 84.0 Å². The number of para-hydroxylation sites is 1. The summed E-state index contributed by atoms with van der Waals surface area (Å²) in [4.78, 5) is 26.8. The highest BCUT2D eigenvalue weighted by molar-refractivity contribution is 7.92. The number of carbonyl (C=O) groups is 2. The van der Waals surface area contributed by atoms with E-state index in [1.807, 2.05) is 13.0 Å². The lowest BCUT2D eigenvalue weighted by Gasteiger charge is -2.33. The number of likely N-dealkylation sites (tertiary alicyclic amines) is 1. The van der Waals surface area contributed by atoms with Crippen molar-refractivity contribution in [1.82, 2.24) is 4.90 Å². The van der Waals surface area contributed by atoms with Crippen LogP contribution < -0.4 is 4.31 Å². The van der Waals surface area contributed by atoms with Crippen LogP contribution >= 0.6 is 0 Å². The third-order valence-corrected chi connectivity index (χ3v) is 7.82. The van der Waals surface area contributed by atoms with Crippen LogP contribution in [0.2, 0.25) is 0 Å². The molecular formula is C24H30N2O5S. The second-order valence-corrected chi connectivity index (χ2v) is 9.82. The number of amides is 1. The molecule has 0 radical (unpaired) electrons. The first-order valence-corrected chi connectivity index (χ1v) is 12.3. The molecule has 1 aliphatic heterocycles. The highest BCUT2D eigenvalue weighted by Crippen LogP contribution is 2.26. The molecule has 0 aliphatic carbocycles. The van der Waals surface area contributed by atoms with Gasteiger partial charge in [0.25, 0.3) is 15.9 Å². The second-order valence-electron chi connectivity index (χ2n) is 7.99. The number of hydrogen-bond donors (Lipinski definition) is 0. The van der Waals surface area contributed by atoms with Gasteiger partial charge in [-0.1, -0.05) is 24.3 Å². The molecule has 32 heavy (non-hydrogen) atoms. The third-order valence-electron chi connectivity index (χ3n) is 5.77. The van der Waals surface area contributed by atoms with E-state index in [-0.39, 0.29) is 35.6 Å². The molecule has 1 amide bonds. The molecule has 1 saturated heterocycles. The van der Waals surface area contributed by atoms with Gasteiger partial charge in [-0.2, -0.15) is 0 Å². The Morgan fingerprint density at radius 3 is 2.50 bits per heavy atom. The Kier molecular flexibility index (Phi) is 7.56. The molecule has 7 nitrogen and oxygen atoms in total. The summed E-state index contributed by atoms with van der Waals surface area (Å²) in [7, 11) is -3.90. The molecule has 1 atom stereocenters. The van der Waals surface area contributed by atoms with E-state index in [4.69, 9.17) is 4.74 Å². The van der Waals surface area contributed by atoms with Crippen molar-refractivity contribution in [2.75, 3.05) is 24.0 Å². The van der Waals surface area contributed by atoms with Gasteiger partial charge in [0.1, 0.15) is 0 Å². The van der Waals surface area contributed by atoms with Crippen molar-refractivity contribution in [3.8, 4) is 0 Å². The highest BCUT2D eigenvalue weighted by atomic mass is 32.2. The number of carbonyl (C=O) groups excluding carboxylic acids is 2. The predicted octanol–water partition coefficient (Wildman–Crippen LogP) is 3.77. The first kappa shape index (κ1) is 23.8. The molecule has 0 unspecified atom stereocenters. The van der Waals surface area contributed by atoms with Gasteiger partial charge >= 0.3 is 5.97 Å². The first-order chi connectivity index (χ1) is 15.3. The van der Waals surface area contributed by atoms with Gasteiger partial charge in [-0.3, -0.25) is 9.10 Å². The van der Waals surface area contributed by atoms with Crippen molar-refractivity contribution in [2.24, 2.45) is 0 Å². The Labute approximate surface area is 190 Å². The number of hydrogen-bond acceptors (Lipinski definition) is 5. The van der Waals surface area contributed by atoms with Crippen LogP contribution in [0.15, 0.2) is 53.4 Å². The largest absolute Gasteiger partial charge is 0.452 e. The van der Waals surface area contributed by atoms with Crippen molar-refractivity contribution in [3.05, 3.63) is 59.7 Å². The number of aryl methyl sites for hydroxylation is 1. The van der Waals surface area contributed by atoms with Gasteiger partial charge in [0.05, 0.1) is 16.1 Å². The maximum absolute atomic E-state index is 13.4. The molecule has 172 valence electrons. The van der Waals surface area contributed by atoms with Crippen LogP contribution in [0.4, 0.5) is 5.69 Å². The molecule has 0 saturated carbocycles. The van der Waals surface area contributed by atoms with Gasteiger partial charge in [-0.15, -0.1) is 0 Å². The number of sulfonamides is 1. The zero-order valence-electron chi connectivity index (χ0n) is 18.8. The summed E-state index contributed by atoms with van der Waals surface area (Å²) < 4.78 is 33.3. The Hall–Kier alpha value is -2.87. The van der Waals surface area contributed by atoms with Crippen molar-refractivity contribution in [1.29, 1.82) is 0 Å². The molecule has 2 aromatic carbocycles. The number of piperidine rings is 1. The number of benzene rings is 2.